The lowest BCUT2D eigenvalue weighted by atomic mass is 10.1. The highest BCUT2D eigenvalue weighted by Crippen LogP contribution is 2.17. The van der Waals surface area contributed by atoms with Crippen LogP contribution in [0.3, 0.4) is 0 Å². The first-order valence-electron chi connectivity index (χ1n) is 7.55. The van der Waals surface area contributed by atoms with Crippen molar-refractivity contribution in [2.45, 2.75) is 59.5 Å². The molecule has 1 heterocycles. The molecule has 3 nitrogen and oxygen atoms in total. The van der Waals surface area contributed by atoms with Crippen molar-refractivity contribution in [2.75, 3.05) is 18.6 Å². The fourth-order valence-electron chi connectivity index (χ4n) is 2.41. The van der Waals surface area contributed by atoms with Crippen molar-refractivity contribution in [2.24, 2.45) is 0 Å². The van der Waals surface area contributed by atoms with Crippen LogP contribution in [0.25, 0.3) is 0 Å². The molecule has 0 amide bonds. The predicted octanol–water partition coefficient (Wildman–Crippen LogP) is 3.26. The zero-order valence-corrected chi connectivity index (χ0v) is 13.8. The molecule has 110 valence electrons. The molecule has 0 atom stereocenters. The SMILES string of the molecule is CCCNCc1c(CC)nn(CCCSC)c1CC. The van der Waals surface area contributed by atoms with Gasteiger partial charge in [0.15, 0.2) is 0 Å². The van der Waals surface area contributed by atoms with Gasteiger partial charge in [0.05, 0.1) is 5.69 Å². The Kier molecular flexibility index (Phi) is 8.22. The number of rotatable bonds is 10. The van der Waals surface area contributed by atoms with E-state index in [0.717, 1.165) is 32.5 Å². The summed E-state index contributed by atoms with van der Waals surface area (Å²) >= 11 is 1.91. The van der Waals surface area contributed by atoms with Gasteiger partial charge < -0.3 is 5.32 Å². The molecule has 0 aromatic carbocycles. The molecule has 0 spiro atoms. The molecule has 0 unspecified atom stereocenters. The topological polar surface area (TPSA) is 29.9 Å². The van der Waals surface area contributed by atoms with Gasteiger partial charge in [-0.3, -0.25) is 4.68 Å². The molecule has 0 fully saturated rings. The zero-order chi connectivity index (χ0) is 14.1. The monoisotopic (exact) mass is 283 g/mol. The van der Waals surface area contributed by atoms with Crippen molar-refractivity contribution in [3.8, 4) is 0 Å². The summed E-state index contributed by atoms with van der Waals surface area (Å²) in [5, 5.41) is 8.34. The van der Waals surface area contributed by atoms with Gasteiger partial charge in [0, 0.05) is 24.3 Å². The van der Waals surface area contributed by atoms with Gasteiger partial charge in [0.2, 0.25) is 0 Å². The highest BCUT2D eigenvalue weighted by atomic mass is 32.2. The highest BCUT2D eigenvalue weighted by molar-refractivity contribution is 7.98. The molecule has 0 aliphatic carbocycles. The zero-order valence-electron chi connectivity index (χ0n) is 13.0. The standard InChI is InChI=1S/C15H29N3S/c1-5-9-16-12-13-14(6-2)17-18(15(13)7-3)10-8-11-19-4/h16H,5-12H2,1-4H3. The van der Waals surface area contributed by atoms with E-state index in [1.54, 1.807) is 0 Å². The molecule has 1 N–H and O–H groups in total. The van der Waals surface area contributed by atoms with Crippen LogP contribution in [0.1, 0.15) is 50.6 Å². The minimum absolute atomic E-state index is 0.975. The second kappa shape index (κ2) is 9.43. The summed E-state index contributed by atoms with van der Waals surface area (Å²) in [7, 11) is 0. The highest BCUT2D eigenvalue weighted by Gasteiger charge is 2.14. The Hall–Kier alpha value is -0.480. The van der Waals surface area contributed by atoms with Gasteiger partial charge in [0.25, 0.3) is 0 Å². The average Bonchev–Trinajstić information content (AvgIpc) is 2.76. The lowest BCUT2D eigenvalue weighted by Gasteiger charge is -2.08. The van der Waals surface area contributed by atoms with Gasteiger partial charge >= 0.3 is 0 Å². The number of nitrogens with zero attached hydrogens (tertiary/aromatic N) is 2. The minimum Gasteiger partial charge on any atom is -0.313 e. The Morgan fingerprint density at radius 1 is 1.21 bits per heavy atom. The number of thioether (sulfide) groups is 1. The van der Waals surface area contributed by atoms with Crippen LogP contribution in [0.15, 0.2) is 0 Å². The van der Waals surface area contributed by atoms with E-state index < -0.39 is 0 Å². The van der Waals surface area contributed by atoms with Crippen LogP contribution >= 0.6 is 11.8 Å². The van der Waals surface area contributed by atoms with Crippen LogP contribution in [0.5, 0.6) is 0 Å². The van der Waals surface area contributed by atoms with E-state index in [1.165, 1.54) is 35.5 Å². The third-order valence-electron chi connectivity index (χ3n) is 3.37. The number of aryl methyl sites for hydroxylation is 2. The first-order valence-corrected chi connectivity index (χ1v) is 8.94. The Balaban J connectivity index is 2.80. The van der Waals surface area contributed by atoms with Crippen LogP contribution in [-0.4, -0.2) is 28.3 Å². The summed E-state index contributed by atoms with van der Waals surface area (Å²) in [5.41, 5.74) is 4.16. The van der Waals surface area contributed by atoms with Crippen LogP contribution in [0.4, 0.5) is 0 Å². The van der Waals surface area contributed by atoms with Crippen molar-refractivity contribution in [1.29, 1.82) is 0 Å². The Morgan fingerprint density at radius 2 is 2.00 bits per heavy atom. The summed E-state index contributed by atoms with van der Waals surface area (Å²) in [6.45, 7) is 9.78. The fraction of sp³-hybridized carbons (Fsp3) is 0.800. The van der Waals surface area contributed by atoms with Gasteiger partial charge in [-0.2, -0.15) is 16.9 Å². The number of nitrogens with one attached hydrogen (secondary N) is 1. The molecule has 0 aliphatic heterocycles. The molecule has 19 heavy (non-hydrogen) atoms. The van der Waals surface area contributed by atoms with Gasteiger partial charge in [-0.1, -0.05) is 20.8 Å². The minimum atomic E-state index is 0.975. The third-order valence-corrected chi connectivity index (χ3v) is 4.06. The predicted molar refractivity (Wildman–Crippen MR) is 86.0 cm³/mol. The van der Waals surface area contributed by atoms with Gasteiger partial charge in [-0.15, -0.1) is 0 Å². The van der Waals surface area contributed by atoms with Crippen molar-refractivity contribution < 1.29 is 0 Å². The molecular formula is C15H29N3S. The lowest BCUT2D eigenvalue weighted by molar-refractivity contribution is 0.572. The van der Waals surface area contributed by atoms with E-state index >= 15 is 0 Å². The molecule has 0 bridgehead atoms. The summed E-state index contributed by atoms with van der Waals surface area (Å²) in [5.74, 6) is 1.22. The molecular weight excluding hydrogens is 254 g/mol. The summed E-state index contributed by atoms with van der Waals surface area (Å²) in [6.07, 6.45) is 6.67. The van der Waals surface area contributed by atoms with Crippen LogP contribution in [-0.2, 0) is 25.9 Å². The first kappa shape index (κ1) is 16.6. The average molecular weight is 283 g/mol. The largest absolute Gasteiger partial charge is 0.313 e. The maximum Gasteiger partial charge on any atom is 0.0669 e. The fourth-order valence-corrected chi connectivity index (χ4v) is 2.82. The lowest BCUT2D eigenvalue weighted by Crippen LogP contribution is -2.16. The van der Waals surface area contributed by atoms with E-state index in [0.29, 0.717) is 0 Å². The van der Waals surface area contributed by atoms with Gasteiger partial charge in [-0.05, 0) is 44.2 Å². The Bertz CT molecular complexity index is 361. The molecule has 0 saturated heterocycles. The molecule has 1 aromatic heterocycles. The quantitative estimate of drug-likeness (QED) is 0.668. The van der Waals surface area contributed by atoms with Crippen molar-refractivity contribution >= 4 is 11.8 Å². The summed E-state index contributed by atoms with van der Waals surface area (Å²) < 4.78 is 2.25. The number of hydrogen-bond acceptors (Lipinski definition) is 3. The Labute approximate surface area is 122 Å². The van der Waals surface area contributed by atoms with Crippen LogP contribution in [0.2, 0.25) is 0 Å². The van der Waals surface area contributed by atoms with Crippen molar-refractivity contribution in [3.63, 3.8) is 0 Å². The second-order valence-electron chi connectivity index (χ2n) is 4.83. The van der Waals surface area contributed by atoms with E-state index in [-0.39, 0.29) is 0 Å². The molecule has 0 aliphatic rings. The van der Waals surface area contributed by atoms with E-state index in [4.69, 9.17) is 5.10 Å². The van der Waals surface area contributed by atoms with Gasteiger partial charge in [-0.25, -0.2) is 0 Å². The molecule has 1 rings (SSSR count). The smallest absolute Gasteiger partial charge is 0.0669 e. The Morgan fingerprint density at radius 3 is 2.58 bits per heavy atom. The number of aromatic nitrogens is 2. The number of hydrogen-bond donors (Lipinski definition) is 1. The van der Waals surface area contributed by atoms with Crippen LogP contribution in [0, 0.1) is 0 Å². The van der Waals surface area contributed by atoms with Gasteiger partial charge in [0.1, 0.15) is 0 Å². The molecule has 1 aromatic rings. The summed E-state index contributed by atoms with van der Waals surface area (Å²) in [6, 6.07) is 0. The molecule has 0 saturated carbocycles. The van der Waals surface area contributed by atoms with E-state index in [9.17, 15) is 0 Å². The third kappa shape index (κ3) is 4.84. The van der Waals surface area contributed by atoms with Crippen LogP contribution < -0.4 is 5.32 Å². The summed E-state index contributed by atoms with van der Waals surface area (Å²) in [4.78, 5) is 0. The first-order chi connectivity index (χ1) is 9.28. The maximum atomic E-state index is 4.82. The molecule has 0 radical (unpaired) electrons. The second-order valence-corrected chi connectivity index (χ2v) is 5.81. The maximum absolute atomic E-state index is 4.82. The van der Waals surface area contributed by atoms with E-state index in [1.807, 2.05) is 11.8 Å². The van der Waals surface area contributed by atoms with E-state index in [2.05, 4.69) is 37.0 Å². The van der Waals surface area contributed by atoms with Crippen molar-refractivity contribution in [3.05, 3.63) is 17.0 Å². The molecule has 4 heteroatoms. The van der Waals surface area contributed by atoms with Crippen molar-refractivity contribution in [1.82, 2.24) is 15.1 Å². The normalized spacial score (nSPS) is 11.2.